The second kappa shape index (κ2) is 20.9. The summed E-state index contributed by atoms with van der Waals surface area (Å²) < 4.78 is 0. The van der Waals surface area contributed by atoms with E-state index in [-0.39, 0.29) is 5.91 Å². The summed E-state index contributed by atoms with van der Waals surface area (Å²) in [4.78, 5) is 13.1. The molecular formula is C28H39NOS. The van der Waals surface area contributed by atoms with Crippen molar-refractivity contribution in [1.29, 1.82) is 0 Å². The Kier molecular flexibility index (Phi) is 17.9. The van der Waals surface area contributed by atoms with Crippen molar-refractivity contribution in [2.45, 2.75) is 64.7 Å². The summed E-state index contributed by atoms with van der Waals surface area (Å²) in [7, 11) is 0. The molecule has 168 valence electrons. The summed E-state index contributed by atoms with van der Waals surface area (Å²) in [5, 5.41) is 5.05. The molecule has 0 unspecified atom stereocenters. The molecule has 3 heteroatoms. The van der Waals surface area contributed by atoms with Gasteiger partial charge in [-0.3, -0.25) is 4.79 Å². The lowest BCUT2D eigenvalue weighted by atomic mass is 10.2. The monoisotopic (exact) mass is 437 g/mol. The van der Waals surface area contributed by atoms with Gasteiger partial charge in [-0.25, -0.2) is 0 Å². The molecule has 0 spiro atoms. The molecule has 0 aromatic carbocycles. The molecule has 1 aromatic heterocycles. The van der Waals surface area contributed by atoms with Crippen molar-refractivity contribution in [3.8, 4) is 0 Å². The van der Waals surface area contributed by atoms with Crippen LogP contribution in [0.25, 0.3) is 0 Å². The van der Waals surface area contributed by atoms with Gasteiger partial charge in [-0.2, -0.15) is 0 Å². The molecule has 0 fully saturated rings. The van der Waals surface area contributed by atoms with Gasteiger partial charge in [0, 0.05) is 17.8 Å². The molecule has 1 heterocycles. The highest BCUT2D eigenvalue weighted by Gasteiger charge is 1.99. The summed E-state index contributed by atoms with van der Waals surface area (Å²) in [6, 6.07) is 4.15. The summed E-state index contributed by atoms with van der Waals surface area (Å²) in [5.74, 6) is 0.135. The van der Waals surface area contributed by atoms with Crippen molar-refractivity contribution < 1.29 is 4.79 Å². The fourth-order valence-corrected chi connectivity index (χ4v) is 3.43. The van der Waals surface area contributed by atoms with Gasteiger partial charge in [0.2, 0.25) is 5.91 Å². The van der Waals surface area contributed by atoms with Crippen LogP contribution in [0.4, 0.5) is 0 Å². The van der Waals surface area contributed by atoms with E-state index < -0.39 is 0 Å². The minimum atomic E-state index is 0.135. The first-order chi connectivity index (χ1) is 15.3. The molecule has 1 rings (SSSR count). The average molecular weight is 438 g/mol. The lowest BCUT2D eigenvalue weighted by Gasteiger charge is -2.02. The van der Waals surface area contributed by atoms with Crippen molar-refractivity contribution in [3.63, 3.8) is 0 Å². The number of hydrogen-bond donors (Lipinski definition) is 1. The maximum atomic E-state index is 11.8. The van der Waals surface area contributed by atoms with Gasteiger partial charge in [0.1, 0.15) is 0 Å². The molecule has 0 radical (unpaired) electrons. The largest absolute Gasteiger partial charge is 0.356 e. The van der Waals surface area contributed by atoms with Gasteiger partial charge in [-0.1, -0.05) is 85.9 Å². The van der Waals surface area contributed by atoms with Gasteiger partial charge in [0.15, 0.2) is 0 Å². The number of thiophene rings is 1. The molecule has 0 saturated heterocycles. The summed E-state index contributed by atoms with van der Waals surface area (Å²) >= 11 is 1.74. The van der Waals surface area contributed by atoms with Crippen molar-refractivity contribution in [2.24, 2.45) is 0 Å². The summed E-state index contributed by atoms with van der Waals surface area (Å²) in [6.45, 7) is 2.88. The van der Waals surface area contributed by atoms with E-state index in [4.69, 9.17) is 0 Å². The zero-order valence-electron chi connectivity index (χ0n) is 19.0. The zero-order chi connectivity index (χ0) is 22.2. The van der Waals surface area contributed by atoms with Crippen LogP contribution in [0.1, 0.15) is 63.2 Å². The Morgan fingerprint density at radius 3 is 1.81 bits per heavy atom. The van der Waals surface area contributed by atoms with Crippen molar-refractivity contribution in [2.75, 3.05) is 6.54 Å². The highest BCUT2D eigenvalue weighted by Crippen LogP contribution is 2.08. The molecule has 1 aromatic rings. The number of carbonyl (C=O) groups excluding carboxylic acids is 1. The summed E-state index contributed by atoms with van der Waals surface area (Å²) in [5.41, 5.74) is 0. The highest BCUT2D eigenvalue weighted by molar-refractivity contribution is 7.09. The zero-order valence-corrected chi connectivity index (χ0v) is 19.9. The van der Waals surface area contributed by atoms with Gasteiger partial charge in [-0.15, -0.1) is 11.3 Å². The third-order valence-corrected chi connectivity index (χ3v) is 5.34. The normalized spacial score (nSPS) is 12.7. The second-order valence-electron chi connectivity index (χ2n) is 7.13. The first kappa shape index (κ1) is 26.6. The molecule has 1 amide bonds. The third kappa shape index (κ3) is 18.1. The van der Waals surface area contributed by atoms with E-state index in [0.29, 0.717) is 6.42 Å². The topological polar surface area (TPSA) is 29.1 Å². The van der Waals surface area contributed by atoms with Crippen LogP contribution in [0.15, 0.2) is 90.4 Å². The van der Waals surface area contributed by atoms with E-state index >= 15 is 0 Å². The van der Waals surface area contributed by atoms with Crippen LogP contribution in [0, 0.1) is 0 Å². The highest BCUT2D eigenvalue weighted by atomic mass is 32.1. The van der Waals surface area contributed by atoms with Crippen molar-refractivity contribution in [1.82, 2.24) is 5.32 Å². The van der Waals surface area contributed by atoms with Crippen LogP contribution in [0.2, 0.25) is 0 Å². The molecule has 0 atom stereocenters. The number of hydrogen-bond acceptors (Lipinski definition) is 2. The minimum Gasteiger partial charge on any atom is -0.356 e. The van der Waals surface area contributed by atoms with Crippen LogP contribution < -0.4 is 5.32 Å². The quantitative estimate of drug-likeness (QED) is 0.247. The van der Waals surface area contributed by atoms with Gasteiger partial charge < -0.3 is 5.32 Å². The Labute approximate surface area is 193 Å². The molecule has 0 aliphatic carbocycles. The van der Waals surface area contributed by atoms with Crippen LogP contribution in [-0.4, -0.2) is 12.5 Å². The van der Waals surface area contributed by atoms with E-state index in [9.17, 15) is 4.79 Å². The van der Waals surface area contributed by atoms with E-state index in [2.05, 4.69) is 96.6 Å². The fourth-order valence-electron chi connectivity index (χ4n) is 2.72. The lowest BCUT2D eigenvalue weighted by molar-refractivity contribution is -0.120. The number of amides is 1. The summed E-state index contributed by atoms with van der Waals surface area (Å²) in [6.07, 6.45) is 34.6. The molecule has 2 nitrogen and oxygen atoms in total. The Balaban J connectivity index is 1.93. The van der Waals surface area contributed by atoms with Gasteiger partial charge in [-0.05, 0) is 62.8 Å². The second-order valence-corrected chi connectivity index (χ2v) is 8.17. The Morgan fingerprint density at radius 1 is 0.806 bits per heavy atom. The first-order valence-electron chi connectivity index (χ1n) is 11.5. The molecule has 0 aliphatic rings. The van der Waals surface area contributed by atoms with Crippen molar-refractivity contribution in [3.05, 3.63) is 95.3 Å². The molecule has 31 heavy (non-hydrogen) atoms. The lowest BCUT2D eigenvalue weighted by Crippen LogP contribution is -2.24. The van der Waals surface area contributed by atoms with E-state index in [1.807, 2.05) is 6.07 Å². The smallest absolute Gasteiger partial charge is 0.220 e. The third-order valence-electron chi connectivity index (χ3n) is 4.41. The maximum absolute atomic E-state index is 11.8. The predicted octanol–water partition coefficient (Wildman–Crippen LogP) is 7.88. The van der Waals surface area contributed by atoms with Gasteiger partial charge in [0.05, 0.1) is 0 Å². The first-order valence-corrected chi connectivity index (χ1v) is 12.4. The molecule has 0 aliphatic heterocycles. The van der Waals surface area contributed by atoms with Gasteiger partial charge >= 0.3 is 0 Å². The Hall–Kier alpha value is -2.39. The molecule has 0 saturated carbocycles. The molecular weight excluding hydrogens is 398 g/mol. The molecule has 0 bridgehead atoms. The number of carbonyl (C=O) groups is 1. The Bertz CT molecular complexity index is 720. The maximum Gasteiger partial charge on any atom is 0.220 e. The van der Waals surface area contributed by atoms with Crippen LogP contribution in [0.5, 0.6) is 0 Å². The fraction of sp³-hybridized carbons (Fsp3) is 0.393. The van der Waals surface area contributed by atoms with Crippen LogP contribution in [0.3, 0.4) is 0 Å². The van der Waals surface area contributed by atoms with E-state index in [0.717, 1.165) is 57.9 Å². The SMILES string of the molecule is CC/C=C/C/C=C/C/C=C/C/C=C/C/C=C/C/C=C/CCC(=O)NCCc1cccs1. The number of nitrogens with one attached hydrogen (secondary N) is 1. The van der Waals surface area contributed by atoms with E-state index in [1.165, 1.54) is 4.88 Å². The Morgan fingerprint density at radius 2 is 1.32 bits per heavy atom. The van der Waals surface area contributed by atoms with Crippen LogP contribution in [-0.2, 0) is 11.2 Å². The average Bonchev–Trinajstić information content (AvgIpc) is 3.29. The standard InChI is InChI=1S/C28H39NOS/c1-2-3-4-5-6-7-8-9-10-11-12-13-14-15-16-17-18-19-20-23-28(30)29-25-24-27-22-21-26-31-27/h3-4,6-7,9-10,12-13,15-16,18-19,21-22,26H,2,5,8,11,14,17,20,23-25H2,1H3,(H,29,30)/b4-3+,7-6+,10-9+,13-12+,16-15+,19-18+. The minimum absolute atomic E-state index is 0.135. The molecule has 1 N–H and O–H groups in total. The number of rotatable bonds is 17. The van der Waals surface area contributed by atoms with Gasteiger partial charge in [0.25, 0.3) is 0 Å². The van der Waals surface area contributed by atoms with Crippen molar-refractivity contribution >= 4 is 17.2 Å². The number of allylic oxidation sites excluding steroid dienone is 12. The van der Waals surface area contributed by atoms with E-state index in [1.54, 1.807) is 11.3 Å². The van der Waals surface area contributed by atoms with Crippen LogP contribution >= 0.6 is 11.3 Å². The predicted molar refractivity (Wildman–Crippen MR) is 138 cm³/mol.